The fourth-order valence-corrected chi connectivity index (χ4v) is 3.35. The topological polar surface area (TPSA) is 84.2 Å². The summed E-state index contributed by atoms with van der Waals surface area (Å²) in [7, 11) is 0. The van der Waals surface area contributed by atoms with E-state index in [0.717, 1.165) is 11.1 Å². The molecule has 0 unspecified atom stereocenters. The van der Waals surface area contributed by atoms with Crippen LogP contribution in [0.1, 0.15) is 30.9 Å². The van der Waals surface area contributed by atoms with Crippen LogP contribution in [0.15, 0.2) is 84.9 Å². The van der Waals surface area contributed by atoms with Crippen LogP contribution in [0.25, 0.3) is 6.08 Å². The van der Waals surface area contributed by atoms with E-state index in [0.29, 0.717) is 17.1 Å². The van der Waals surface area contributed by atoms with Crippen LogP contribution in [-0.4, -0.2) is 11.8 Å². The second-order valence-corrected chi connectivity index (χ2v) is 7.65. The SMILES string of the molecule is CC(C)[C@@H](C(=O)Nc1ccc(/C=C/C(=O)Nc2ccccc2N)cc1)c1ccccc1. The number of carbonyl (C=O) groups excluding carboxylic acids is 2. The van der Waals surface area contributed by atoms with Crippen LogP contribution in [0.5, 0.6) is 0 Å². The predicted molar refractivity (Wildman–Crippen MR) is 128 cm³/mol. The molecular weight excluding hydrogens is 386 g/mol. The number of para-hydroxylation sites is 2. The lowest BCUT2D eigenvalue weighted by atomic mass is 9.87. The minimum atomic E-state index is -0.266. The quantitative estimate of drug-likeness (QED) is 0.363. The van der Waals surface area contributed by atoms with E-state index < -0.39 is 0 Å². The molecule has 1 atom stereocenters. The van der Waals surface area contributed by atoms with Crippen LogP contribution in [0.3, 0.4) is 0 Å². The molecule has 0 bridgehead atoms. The van der Waals surface area contributed by atoms with Gasteiger partial charge in [-0.05, 0) is 47.4 Å². The van der Waals surface area contributed by atoms with Crippen molar-refractivity contribution in [3.05, 3.63) is 96.1 Å². The minimum Gasteiger partial charge on any atom is -0.397 e. The number of hydrogen-bond donors (Lipinski definition) is 3. The Kier molecular flexibility index (Phi) is 7.22. The highest BCUT2D eigenvalue weighted by molar-refractivity contribution is 6.03. The van der Waals surface area contributed by atoms with Crippen LogP contribution < -0.4 is 16.4 Å². The van der Waals surface area contributed by atoms with Gasteiger partial charge in [0.25, 0.3) is 0 Å². The molecule has 0 saturated heterocycles. The Bertz CT molecular complexity index is 1060. The Labute approximate surface area is 183 Å². The number of hydrogen-bond acceptors (Lipinski definition) is 3. The van der Waals surface area contributed by atoms with E-state index in [1.807, 2.05) is 80.6 Å². The highest BCUT2D eigenvalue weighted by Crippen LogP contribution is 2.26. The zero-order valence-corrected chi connectivity index (χ0v) is 17.7. The van der Waals surface area contributed by atoms with Gasteiger partial charge in [-0.25, -0.2) is 0 Å². The van der Waals surface area contributed by atoms with Crippen molar-refractivity contribution in [3.8, 4) is 0 Å². The highest BCUT2D eigenvalue weighted by atomic mass is 16.2. The second-order valence-electron chi connectivity index (χ2n) is 7.65. The normalized spacial score (nSPS) is 12.0. The number of nitrogens with one attached hydrogen (secondary N) is 2. The van der Waals surface area contributed by atoms with E-state index in [9.17, 15) is 9.59 Å². The van der Waals surface area contributed by atoms with E-state index in [1.165, 1.54) is 6.08 Å². The third-order valence-electron chi connectivity index (χ3n) is 4.93. The summed E-state index contributed by atoms with van der Waals surface area (Å²) < 4.78 is 0. The molecule has 5 heteroatoms. The Hall–Kier alpha value is -3.86. The molecule has 5 nitrogen and oxygen atoms in total. The van der Waals surface area contributed by atoms with Crippen molar-refractivity contribution in [1.82, 2.24) is 0 Å². The molecule has 0 heterocycles. The van der Waals surface area contributed by atoms with Crippen LogP contribution in [0.4, 0.5) is 17.1 Å². The van der Waals surface area contributed by atoms with Gasteiger partial charge in [0.2, 0.25) is 11.8 Å². The van der Waals surface area contributed by atoms with Crippen molar-refractivity contribution in [1.29, 1.82) is 0 Å². The number of benzene rings is 3. The number of nitrogens with two attached hydrogens (primary N) is 1. The maximum Gasteiger partial charge on any atom is 0.248 e. The lowest BCUT2D eigenvalue weighted by Crippen LogP contribution is -2.25. The molecule has 3 aromatic carbocycles. The summed E-state index contributed by atoms with van der Waals surface area (Å²) in [6.07, 6.45) is 3.16. The Balaban J connectivity index is 1.62. The molecule has 4 N–H and O–H groups in total. The summed E-state index contributed by atoms with van der Waals surface area (Å²) in [6, 6.07) is 24.2. The molecule has 0 aliphatic heterocycles. The second kappa shape index (κ2) is 10.3. The molecule has 3 aromatic rings. The van der Waals surface area contributed by atoms with Crippen molar-refractivity contribution in [2.24, 2.45) is 5.92 Å². The number of nitrogen functional groups attached to an aromatic ring is 1. The zero-order valence-electron chi connectivity index (χ0n) is 17.7. The Morgan fingerprint density at radius 3 is 2.13 bits per heavy atom. The van der Waals surface area contributed by atoms with Crippen LogP contribution in [0, 0.1) is 5.92 Å². The van der Waals surface area contributed by atoms with Crippen molar-refractivity contribution < 1.29 is 9.59 Å². The summed E-state index contributed by atoms with van der Waals surface area (Å²) in [5, 5.41) is 5.75. The third kappa shape index (κ3) is 6.06. The van der Waals surface area contributed by atoms with Gasteiger partial charge in [-0.2, -0.15) is 0 Å². The minimum absolute atomic E-state index is 0.0377. The van der Waals surface area contributed by atoms with Gasteiger partial charge < -0.3 is 16.4 Å². The smallest absolute Gasteiger partial charge is 0.248 e. The van der Waals surface area contributed by atoms with E-state index in [2.05, 4.69) is 10.6 Å². The summed E-state index contributed by atoms with van der Waals surface area (Å²) >= 11 is 0. The molecule has 158 valence electrons. The van der Waals surface area contributed by atoms with Crippen molar-refractivity contribution >= 4 is 35.0 Å². The van der Waals surface area contributed by atoms with E-state index in [4.69, 9.17) is 5.73 Å². The van der Waals surface area contributed by atoms with Gasteiger partial charge in [0.15, 0.2) is 0 Å². The Morgan fingerprint density at radius 1 is 0.839 bits per heavy atom. The van der Waals surface area contributed by atoms with Gasteiger partial charge in [0.1, 0.15) is 0 Å². The maximum absolute atomic E-state index is 12.9. The first-order valence-electron chi connectivity index (χ1n) is 10.2. The fraction of sp³-hybridized carbons (Fsp3) is 0.154. The standard InChI is InChI=1S/C26H27N3O2/c1-18(2)25(20-8-4-3-5-9-20)26(31)28-21-15-12-19(13-16-21)14-17-24(30)29-23-11-7-6-10-22(23)27/h3-18,25H,27H2,1-2H3,(H,28,31)(H,29,30)/b17-14+/t25-/m1/s1. The molecule has 0 radical (unpaired) electrons. The molecular formula is C26H27N3O2. The van der Waals surface area contributed by atoms with E-state index in [-0.39, 0.29) is 23.7 Å². The molecule has 0 saturated carbocycles. The number of anilines is 3. The monoisotopic (exact) mass is 413 g/mol. The molecule has 0 aliphatic rings. The summed E-state index contributed by atoms with van der Waals surface area (Å²) in [6.45, 7) is 4.08. The number of amides is 2. The van der Waals surface area contributed by atoms with Gasteiger partial charge in [-0.15, -0.1) is 0 Å². The third-order valence-corrected chi connectivity index (χ3v) is 4.93. The number of carbonyl (C=O) groups is 2. The lowest BCUT2D eigenvalue weighted by Gasteiger charge is -2.20. The molecule has 2 amide bonds. The average molecular weight is 414 g/mol. The van der Waals surface area contributed by atoms with E-state index in [1.54, 1.807) is 18.2 Å². The van der Waals surface area contributed by atoms with Gasteiger partial charge in [0, 0.05) is 11.8 Å². The first-order valence-corrected chi connectivity index (χ1v) is 10.2. The van der Waals surface area contributed by atoms with Crippen molar-refractivity contribution in [2.45, 2.75) is 19.8 Å². The first-order chi connectivity index (χ1) is 14.9. The average Bonchev–Trinajstić information content (AvgIpc) is 2.75. The summed E-state index contributed by atoms with van der Waals surface area (Å²) in [5.74, 6) is -0.362. The van der Waals surface area contributed by atoms with Crippen molar-refractivity contribution in [3.63, 3.8) is 0 Å². The first kappa shape index (κ1) is 21.8. The van der Waals surface area contributed by atoms with Gasteiger partial charge in [0.05, 0.1) is 17.3 Å². The van der Waals surface area contributed by atoms with Gasteiger partial charge >= 0.3 is 0 Å². The van der Waals surface area contributed by atoms with Gasteiger partial charge in [-0.3, -0.25) is 9.59 Å². The zero-order chi connectivity index (χ0) is 22.2. The largest absolute Gasteiger partial charge is 0.397 e. The van der Waals surface area contributed by atoms with Crippen molar-refractivity contribution in [2.75, 3.05) is 16.4 Å². The van der Waals surface area contributed by atoms with Crippen LogP contribution in [0.2, 0.25) is 0 Å². The fourth-order valence-electron chi connectivity index (χ4n) is 3.35. The van der Waals surface area contributed by atoms with Gasteiger partial charge in [-0.1, -0.05) is 68.4 Å². The lowest BCUT2D eigenvalue weighted by molar-refractivity contribution is -0.118. The van der Waals surface area contributed by atoms with E-state index >= 15 is 0 Å². The maximum atomic E-state index is 12.9. The summed E-state index contributed by atoms with van der Waals surface area (Å²) in [4.78, 5) is 25.0. The molecule has 3 rings (SSSR count). The Morgan fingerprint density at radius 2 is 1.48 bits per heavy atom. The molecule has 0 spiro atoms. The number of rotatable bonds is 7. The molecule has 0 aliphatic carbocycles. The van der Waals surface area contributed by atoms with Crippen LogP contribution in [-0.2, 0) is 9.59 Å². The molecule has 31 heavy (non-hydrogen) atoms. The predicted octanol–water partition coefficient (Wildman–Crippen LogP) is 5.30. The molecule has 0 aromatic heterocycles. The van der Waals surface area contributed by atoms with Crippen LogP contribution >= 0.6 is 0 Å². The summed E-state index contributed by atoms with van der Waals surface area (Å²) in [5.41, 5.74) is 9.48. The molecule has 0 fully saturated rings. The highest BCUT2D eigenvalue weighted by Gasteiger charge is 2.23.